The molecule has 2 amide bonds. The standard InChI is InChI=1S/C21H18N2O3/c1-9-6-17(24)22-16-7-10(2-3-11(9)16)23-20(25)18-12-4-5-13(15-8-14(12)15)19(18)21(23)26/h2-7,12-15,18-19H,8H2,1H3,(H,22,24)/t12-,13+,14-,15+,18-,19+. The molecular formula is C21H18N2O3. The number of fused-ring (bicyclic) bond motifs is 1. The molecule has 1 aromatic carbocycles. The molecule has 2 saturated carbocycles. The number of nitrogens with one attached hydrogen (secondary N) is 1. The fraction of sp³-hybridized carbons (Fsp3) is 0.381. The number of imide groups is 1. The van der Waals surface area contributed by atoms with Crippen LogP contribution in [0.4, 0.5) is 5.69 Å². The van der Waals surface area contributed by atoms with Crippen molar-refractivity contribution < 1.29 is 9.59 Å². The Hall–Kier alpha value is -2.69. The van der Waals surface area contributed by atoms with E-state index in [1.54, 1.807) is 12.1 Å². The first-order chi connectivity index (χ1) is 12.5. The Morgan fingerprint density at radius 1 is 0.962 bits per heavy atom. The lowest BCUT2D eigenvalue weighted by atomic mass is 9.63. The summed E-state index contributed by atoms with van der Waals surface area (Å²) in [6.07, 6.45) is 5.51. The van der Waals surface area contributed by atoms with Crippen molar-refractivity contribution in [2.24, 2.45) is 35.5 Å². The summed E-state index contributed by atoms with van der Waals surface area (Å²) in [5.74, 6) is 1.09. The number of pyridine rings is 1. The third-order valence-corrected chi connectivity index (χ3v) is 6.95. The molecule has 5 nitrogen and oxygen atoms in total. The Morgan fingerprint density at radius 2 is 1.62 bits per heavy atom. The molecule has 3 fully saturated rings. The molecule has 2 heterocycles. The highest BCUT2D eigenvalue weighted by Crippen LogP contribution is 2.65. The van der Waals surface area contributed by atoms with E-state index in [0.717, 1.165) is 17.4 Å². The molecule has 0 spiro atoms. The Labute approximate surface area is 149 Å². The van der Waals surface area contributed by atoms with Gasteiger partial charge < -0.3 is 4.98 Å². The molecular weight excluding hydrogens is 328 g/mol. The maximum atomic E-state index is 13.2. The number of carbonyl (C=O) groups excluding carboxylic acids is 2. The molecule has 2 aromatic rings. The zero-order valence-corrected chi connectivity index (χ0v) is 14.3. The summed E-state index contributed by atoms with van der Waals surface area (Å²) >= 11 is 0. The lowest BCUT2D eigenvalue weighted by molar-refractivity contribution is -0.124. The normalized spacial score (nSPS) is 36.6. The van der Waals surface area contributed by atoms with E-state index in [1.807, 2.05) is 19.1 Å². The van der Waals surface area contributed by atoms with Gasteiger partial charge in [-0.05, 0) is 54.7 Å². The summed E-state index contributed by atoms with van der Waals surface area (Å²) in [6.45, 7) is 1.88. The first-order valence-corrected chi connectivity index (χ1v) is 9.24. The molecule has 2 bridgehead atoms. The number of aromatic nitrogens is 1. The van der Waals surface area contributed by atoms with Crippen LogP contribution in [0.15, 0.2) is 41.2 Å². The van der Waals surface area contributed by atoms with E-state index < -0.39 is 0 Å². The highest BCUT2D eigenvalue weighted by atomic mass is 16.2. The number of H-pyrrole nitrogens is 1. The van der Waals surface area contributed by atoms with E-state index >= 15 is 0 Å². The Balaban J connectivity index is 1.47. The smallest absolute Gasteiger partial charge is 0.248 e. The monoisotopic (exact) mass is 346 g/mol. The average molecular weight is 346 g/mol. The summed E-state index contributed by atoms with van der Waals surface area (Å²) in [5, 5.41) is 0.924. The highest BCUT2D eigenvalue weighted by molar-refractivity contribution is 6.23. The Morgan fingerprint density at radius 3 is 2.27 bits per heavy atom. The summed E-state index contributed by atoms with van der Waals surface area (Å²) in [5.41, 5.74) is 1.93. The molecule has 4 aliphatic carbocycles. The number of amides is 2. The highest BCUT2D eigenvalue weighted by Gasteiger charge is 2.67. The molecule has 0 radical (unpaired) electrons. The first-order valence-electron chi connectivity index (χ1n) is 9.24. The number of hydrogen-bond acceptors (Lipinski definition) is 3. The summed E-state index contributed by atoms with van der Waals surface area (Å²) in [7, 11) is 0. The van der Waals surface area contributed by atoms with Crippen molar-refractivity contribution in [2.75, 3.05) is 4.90 Å². The van der Waals surface area contributed by atoms with Crippen LogP contribution in [0.2, 0.25) is 0 Å². The van der Waals surface area contributed by atoms with Crippen LogP contribution in [0.25, 0.3) is 10.9 Å². The number of anilines is 1. The molecule has 1 aromatic heterocycles. The Kier molecular flexibility index (Phi) is 2.52. The predicted octanol–water partition coefficient (Wildman–Crippen LogP) is 2.39. The lowest BCUT2D eigenvalue weighted by Crippen LogP contribution is -2.40. The minimum atomic E-state index is -0.200. The van der Waals surface area contributed by atoms with Gasteiger partial charge in [-0.25, -0.2) is 4.90 Å². The quantitative estimate of drug-likeness (QED) is 0.637. The minimum Gasteiger partial charge on any atom is -0.322 e. The van der Waals surface area contributed by atoms with Gasteiger partial charge in [-0.3, -0.25) is 14.4 Å². The van der Waals surface area contributed by atoms with E-state index in [0.29, 0.717) is 23.0 Å². The van der Waals surface area contributed by atoms with Crippen LogP contribution >= 0.6 is 0 Å². The fourth-order valence-corrected chi connectivity index (χ4v) is 5.77. The van der Waals surface area contributed by atoms with Crippen molar-refractivity contribution in [1.29, 1.82) is 0 Å². The van der Waals surface area contributed by atoms with Gasteiger partial charge in [0.15, 0.2) is 0 Å². The number of aryl methyl sites for hydroxylation is 1. The fourth-order valence-electron chi connectivity index (χ4n) is 5.77. The topological polar surface area (TPSA) is 70.2 Å². The largest absolute Gasteiger partial charge is 0.322 e. The van der Waals surface area contributed by atoms with Crippen LogP contribution in [0, 0.1) is 42.4 Å². The first kappa shape index (κ1) is 14.5. The van der Waals surface area contributed by atoms with Crippen molar-refractivity contribution in [2.45, 2.75) is 13.3 Å². The number of nitrogens with zero attached hydrogens (tertiary/aromatic N) is 1. The average Bonchev–Trinajstić information content (AvgIpc) is 3.38. The molecule has 130 valence electrons. The molecule has 7 rings (SSSR count). The molecule has 26 heavy (non-hydrogen) atoms. The van der Waals surface area contributed by atoms with Crippen LogP contribution in [-0.4, -0.2) is 16.8 Å². The van der Waals surface area contributed by atoms with E-state index in [2.05, 4.69) is 17.1 Å². The van der Waals surface area contributed by atoms with Gasteiger partial charge in [-0.2, -0.15) is 0 Å². The van der Waals surface area contributed by atoms with Crippen molar-refractivity contribution >= 4 is 28.4 Å². The number of hydrogen-bond donors (Lipinski definition) is 1. The number of rotatable bonds is 1. The van der Waals surface area contributed by atoms with E-state index in [4.69, 9.17) is 0 Å². The van der Waals surface area contributed by atoms with Crippen molar-refractivity contribution in [3.05, 3.63) is 52.3 Å². The lowest BCUT2D eigenvalue weighted by Gasteiger charge is -2.37. The molecule has 5 heteroatoms. The van der Waals surface area contributed by atoms with Gasteiger partial charge in [-0.15, -0.1) is 0 Å². The van der Waals surface area contributed by atoms with Gasteiger partial charge in [0.25, 0.3) is 0 Å². The van der Waals surface area contributed by atoms with Crippen LogP contribution in [0.3, 0.4) is 0 Å². The maximum Gasteiger partial charge on any atom is 0.248 e. The van der Waals surface area contributed by atoms with Crippen molar-refractivity contribution in [3.8, 4) is 0 Å². The summed E-state index contributed by atoms with van der Waals surface area (Å²) in [6, 6.07) is 7.00. The third kappa shape index (κ3) is 1.64. The molecule has 5 aliphatic rings. The van der Waals surface area contributed by atoms with E-state index in [-0.39, 0.29) is 41.0 Å². The zero-order chi connectivity index (χ0) is 17.7. The van der Waals surface area contributed by atoms with E-state index in [9.17, 15) is 14.4 Å². The van der Waals surface area contributed by atoms with Crippen molar-refractivity contribution in [1.82, 2.24) is 4.98 Å². The van der Waals surface area contributed by atoms with Crippen LogP contribution in [0.5, 0.6) is 0 Å². The molecule has 1 aliphatic heterocycles. The molecule has 6 atom stereocenters. The minimum absolute atomic E-state index is 0.0703. The number of benzene rings is 1. The number of carbonyl (C=O) groups is 2. The zero-order valence-electron chi connectivity index (χ0n) is 14.3. The van der Waals surface area contributed by atoms with Crippen LogP contribution in [0.1, 0.15) is 12.0 Å². The van der Waals surface area contributed by atoms with Crippen LogP contribution < -0.4 is 10.5 Å². The van der Waals surface area contributed by atoms with Gasteiger partial charge >= 0.3 is 0 Å². The van der Waals surface area contributed by atoms with Crippen LogP contribution in [-0.2, 0) is 9.59 Å². The second-order valence-electron chi connectivity index (χ2n) is 8.21. The molecule has 0 unspecified atom stereocenters. The maximum absolute atomic E-state index is 13.2. The van der Waals surface area contributed by atoms with Gasteiger partial charge in [0.2, 0.25) is 17.4 Å². The van der Waals surface area contributed by atoms with Gasteiger partial charge in [0, 0.05) is 11.5 Å². The van der Waals surface area contributed by atoms with Crippen molar-refractivity contribution in [3.63, 3.8) is 0 Å². The number of aromatic amines is 1. The molecule has 1 saturated heterocycles. The Bertz CT molecular complexity index is 1060. The van der Waals surface area contributed by atoms with Gasteiger partial charge in [0.05, 0.1) is 23.0 Å². The second kappa shape index (κ2) is 4.53. The van der Waals surface area contributed by atoms with Gasteiger partial charge in [0.1, 0.15) is 0 Å². The SMILES string of the molecule is Cc1cc(=O)[nH]c2cc(N3C(=O)[C@@H]4[C@@H]5C=C[C@@H]([C@@H]6C[C@H]56)[C@@H]4C3=O)ccc12. The number of allylic oxidation sites excluding steroid dienone is 2. The summed E-state index contributed by atoms with van der Waals surface area (Å²) in [4.78, 5) is 42.3. The second-order valence-corrected chi connectivity index (χ2v) is 8.21. The third-order valence-electron chi connectivity index (χ3n) is 6.95. The predicted molar refractivity (Wildman–Crippen MR) is 96.5 cm³/mol. The summed E-state index contributed by atoms with van der Waals surface area (Å²) < 4.78 is 0. The van der Waals surface area contributed by atoms with Gasteiger partial charge in [-0.1, -0.05) is 18.2 Å². The van der Waals surface area contributed by atoms with E-state index in [1.165, 1.54) is 4.90 Å². The molecule has 1 N–H and O–H groups in total.